The van der Waals surface area contributed by atoms with E-state index >= 15 is 0 Å². The Hall–Kier alpha value is -2.55. The first kappa shape index (κ1) is 22.6. The summed E-state index contributed by atoms with van der Waals surface area (Å²) in [6, 6.07) is 5.76. The topological polar surface area (TPSA) is 54.9 Å². The second kappa shape index (κ2) is 8.77. The van der Waals surface area contributed by atoms with E-state index in [2.05, 4.69) is 29.1 Å². The molecular formula is C23H23F4N3OS. The summed E-state index contributed by atoms with van der Waals surface area (Å²) >= 11 is 1.47. The number of thiazole rings is 1. The summed E-state index contributed by atoms with van der Waals surface area (Å²) < 4.78 is 53.9. The van der Waals surface area contributed by atoms with Crippen molar-refractivity contribution >= 4 is 33.1 Å². The molecule has 4 rings (SSSR count). The zero-order valence-corrected chi connectivity index (χ0v) is 18.5. The fraction of sp³-hybridized carbons (Fsp3) is 0.435. The number of anilines is 1. The molecule has 2 heterocycles. The number of aromatic nitrogens is 2. The molecule has 1 saturated carbocycles. The summed E-state index contributed by atoms with van der Waals surface area (Å²) in [5.74, 6) is 0.129. The maximum absolute atomic E-state index is 14.6. The fourth-order valence-corrected chi connectivity index (χ4v) is 5.33. The number of hydrogen-bond donors (Lipinski definition) is 1. The largest absolute Gasteiger partial charge is 0.433 e. The van der Waals surface area contributed by atoms with Crippen molar-refractivity contribution in [1.82, 2.24) is 9.97 Å². The fourth-order valence-electron chi connectivity index (χ4n) is 4.17. The van der Waals surface area contributed by atoms with E-state index in [0.29, 0.717) is 17.4 Å². The minimum absolute atomic E-state index is 0.111. The summed E-state index contributed by atoms with van der Waals surface area (Å²) in [5.41, 5.74) is -1.21. The average Bonchev–Trinajstić information content (AvgIpc) is 3.16. The van der Waals surface area contributed by atoms with Gasteiger partial charge in [0.2, 0.25) is 0 Å². The molecule has 1 aliphatic rings. The van der Waals surface area contributed by atoms with Crippen LogP contribution in [0.4, 0.5) is 23.2 Å². The minimum Gasteiger partial charge on any atom is -0.318 e. The zero-order chi connectivity index (χ0) is 23.0. The first-order valence-corrected chi connectivity index (χ1v) is 11.4. The van der Waals surface area contributed by atoms with Crippen molar-refractivity contribution in [3.63, 3.8) is 0 Å². The average molecular weight is 466 g/mol. The van der Waals surface area contributed by atoms with Crippen LogP contribution in [0, 0.1) is 17.7 Å². The first-order chi connectivity index (χ1) is 15.1. The molecule has 1 aliphatic carbocycles. The number of carbonyl (C=O) groups excluding carboxylic acids is 1. The number of hydrogen-bond acceptors (Lipinski definition) is 4. The summed E-state index contributed by atoms with van der Waals surface area (Å²) in [5, 5.41) is 3.30. The van der Waals surface area contributed by atoms with Gasteiger partial charge in [-0.25, -0.2) is 14.4 Å². The molecule has 0 bridgehead atoms. The number of fused-ring (bicyclic) bond motifs is 1. The van der Waals surface area contributed by atoms with Crippen LogP contribution in [0.25, 0.3) is 10.2 Å². The molecule has 0 spiro atoms. The molecule has 1 N–H and O–H groups in total. The van der Waals surface area contributed by atoms with Crippen molar-refractivity contribution in [1.29, 1.82) is 0 Å². The SMILES string of the molecule is CC(C)[C@H]1CC[C@H](c2nc3cc(F)c(NC(=O)c4cccc(C(F)(F)F)n4)cc3s2)CC1. The van der Waals surface area contributed by atoms with Crippen molar-refractivity contribution in [3.05, 3.63) is 52.5 Å². The number of pyridine rings is 1. The molecule has 32 heavy (non-hydrogen) atoms. The van der Waals surface area contributed by atoms with Gasteiger partial charge in [0.15, 0.2) is 0 Å². The standard InChI is InChI=1S/C23H23F4N3OS/c1-12(2)13-6-8-14(9-7-13)22-30-18-10-15(24)17(11-19(18)32-22)29-21(31)16-4-3-5-20(28-16)23(25,26)27/h3-5,10-14H,6-9H2,1-2H3,(H,29,31)/t13-,14-. The molecule has 0 unspecified atom stereocenters. The number of benzene rings is 1. The third-order valence-electron chi connectivity index (χ3n) is 6.08. The van der Waals surface area contributed by atoms with Crippen molar-refractivity contribution < 1.29 is 22.4 Å². The van der Waals surface area contributed by atoms with Gasteiger partial charge in [0.25, 0.3) is 5.91 Å². The highest BCUT2D eigenvalue weighted by molar-refractivity contribution is 7.18. The van der Waals surface area contributed by atoms with Gasteiger partial charge in [0.05, 0.1) is 20.9 Å². The van der Waals surface area contributed by atoms with E-state index in [1.807, 2.05) is 0 Å². The van der Waals surface area contributed by atoms with Crippen LogP contribution >= 0.6 is 11.3 Å². The van der Waals surface area contributed by atoms with E-state index < -0.39 is 29.3 Å². The van der Waals surface area contributed by atoms with Crippen LogP contribution in [-0.2, 0) is 6.18 Å². The molecule has 1 aromatic carbocycles. The smallest absolute Gasteiger partial charge is 0.318 e. The number of rotatable bonds is 4. The van der Waals surface area contributed by atoms with Gasteiger partial charge < -0.3 is 5.32 Å². The van der Waals surface area contributed by atoms with Crippen molar-refractivity contribution in [2.75, 3.05) is 5.32 Å². The lowest BCUT2D eigenvalue weighted by molar-refractivity contribution is -0.141. The van der Waals surface area contributed by atoms with Crippen LogP contribution in [-0.4, -0.2) is 15.9 Å². The monoisotopic (exact) mass is 465 g/mol. The molecule has 0 aliphatic heterocycles. The molecule has 0 radical (unpaired) electrons. The van der Waals surface area contributed by atoms with Crippen LogP contribution < -0.4 is 5.32 Å². The molecule has 3 aromatic rings. The highest BCUT2D eigenvalue weighted by Crippen LogP contribution is 2.41. The lowest BCUT2D eigenvalue weighted by atomic mass is 9.77. The second-order valence-corrected chi connectivity index (χ2v) is 9.63. The zero-order valence-electron chi connectivity index (χ0n) is 17.7. The maximum Gasteiger partial charge on any atom is 0.433 e. The quantitative estimate of drug-likeness (QED) is 0.421. The van der Waals surface area contributed by atoms with E-state index in [9.17, 15) is 22.4 Å². The van der Waals surface area contributed by atoms with Gasteiger partial charge >= 0.3 is 6.18 Å². The third-order valence-corrected chi connectivity index (χ3v) is 7.26. The van der Waals surface area contributed by atoms with Gasteiger partial charge in [0, 0.05) is 12.0 Å². The number of halogens is 4. The van der Waals surface area contributed by atoms with Crippen LogP contribution in [0.2, 0.25) is 0 Å². The van der Waals surface area contributed by atoms with E-state index in [1.165, 1.54) is 23.5 Å². The van der Waals surface area contributed by atoms with Crippen LogP contribution in [0.5, 0.6) is 0 Å². The number of amides is 1. The van der Waals surface area contributed by atoms with Gasteiger partial charge in [-0.2, -0.15) is 13.2 Å². The Kier molecular flexibility index (Phi) is 6.20. The van der Waals surface area contributed by atoms with E-state index in [0.717, 1.165) is 59.5 Å². The Morgan fingerprint density at radius 3 is 2.50 bits per heavy atom. The Labute approximate surface area is 187 Å². The molecule has 2 aromatic heterocycles. The Bertz CT molecular complexity index is 1130. The van der Waals surface area contributed by atoms with Crippen LogP contribution in [0.15, 0.2) is 30.3 Å². The first-order valence-electron chi connectivity index (χ1n) is 10.6. The highest BCUT2D eigenvalue weighted by atomic mass is 32.1. The summed E-state index contributed by atoms with van der Waals surface area (Å²) in [4.78, 5) is 20.4. The van der Waals surface area contributed by atoms with Gasteiger partial charge in [-0.15, -0.1) is 11.3 Å². The highest BCUT2D eigenvalue weighted by Gasteiger charge is 2.33. The number of nitrogens with one attached hydrogen (secondary N) is 1. The van der Waals surface area contributed by atoms with Gasteiger partial charge in [-0.05, 0) is 55.7 Å². The molecule has 1 fully saturated rings. The summed E-state index contributed by atoms with van der Waals surface area (Å²) in [7, 11) is 0. The number of nitrogens with zero attached hydrogens (tertiary/aromatic N) is 2. The molecule has 0 atom stereocenters. The number of alkyl halides is 3. The molecule has 9 heteroatoms. The summed E-state index contributed by atoms with van der Waals surface area (Å²) in [6.07, 6.45) is -0.268. The van der Waals surface area contributed by atoms with Crippen molar-refractivity contribution in [3.8, 4) is 0 Å². The lowest BCUT2D eigenvalue weighted by Crippen LogP contribution is -2.17. The van der Waals surface area contributed by atoms with E-state index in [1.54, 1.807) is 0 Å². The normalized spacial score (nSPS) is 19.5. The predicted octanol–water partition coefficient (Wildman–Crippen LogP) is 7.03. The Morgan fingerprint density at radius 1 is 1.12 bits per heavy atom. The predicted molar refractivity (Wildman–Crippen MR) is 116 cm³/mol. The molecular weight excluding hydrogens is 442 g/mol. The van der Waals surface area contributed by atoms with Gasteiger partial charge in [0.1, 0.15) is 17.2 Å². The van der Waals surface area contributed by atoms with Crippen molar-refractivity contribution in [2.45, 2.75) is 51.6 Å². The van der Waals surface area contributed by atoms with Crippen LogP contribution in [0.3, 0.4) is 0 Å². The number of carbonyl (C=O) groups is 1. The van der Waals surface area contributed by atoms with Gasteiger partial charge in [-0.3, -0.25) is 4.79 Å². The Balaban J connectivity index is 1.53. The van der Waals surface area contributed by atoms with Gasteiger partial charge in [-0.1, -0.05) is 19.9 Å². The lowest BCUT2D eigenvalue weighted by Gasteiger charge is -2.29. The molecule has 1 amide bonds. The molecule has 170 valence electrons. The molecule has 0 saturated heterocycles. The Morgan fingerprint density at radius 2 is 1.84 bits per heavy atom. The van der Waals surface area contributed by atoms with Crippen LogP contribution in [0.1, 0.15) is 66.6 Å². The second-order valence-electron chi connectivity index (χ2n) is 8.57. The van der Waals surface area contributed by atoms with Crippen molar-refractivity contribution in [2.24, 2.45) is 11.8 Å². The molecule has 4 nitrogen and oxygen atoms in total. The maximum atomic E-state index is 14.6. The minimum atomic E-state index is -4.67. The van der Waals surface area contributed by atoms with E-state index in [4.69, 9.17) is 0 Å². The summed E-state index contributed by atoms with van der Waals surface area (Å²) in [6.45, 7) is 4.49. The van der Waals surface area contributed by atoms with E-state index in [-0.39, 0.29) is 5.69 Å². The third kappa shape index (κ3) is 4.77.